The van der Waals surface area contributed by atoms with Crippen molar-refractivity contribution in [2.45, 2.75) is 6.10 Å². The number of hydrogen-bond donors (Lipinski definition) is 6. The lowest BCUT2D eigenvalue weighted by atomic mass is 10.4. The zero-order valence-electron chi connectivity index (χ0n) is 9.60. The summed E-state index contributed by atoms with van der Waals surface area (Å²) in [7, 11) is -9.31. The van der Waals surface area contributed by atoms with E-state index in [1.165, 1.54) is 0 Å². The molecule has 20 heavy (non-hydrogen) atoms. The molecule has 0 aliphatic rings. The summed E-state index contributed by atoms with van der Waals surface area (Å²) in [5.41, 5.74) is 0. The molecule has 0 bridgehead atoms. The molecule has 0 aromatic heterocycles. The summed E-state index contributed by atoms with van der Waals surface area (Å²) >= 11 is 0. The third-order valence-corrected chi connectivity index (χ3v) is 1.98. The van der Waals surface area contributed by atoms with Crippen molar-refractivity contribution in [3.8, 4) is 0 Å². The molecule has 0 aromatic rings. The summed E-state index contributed by atoms with van der Waals surface area (Å²) < 4.78 is 27.1. The highest BCUT2D eigenvalue weighted by Gasteiger charge is 2.20. The van der Waals surface area contributed by atoms with Gasteiger partial charge in [-0.15, -0.1) is 0 Å². The number of phosphoric ester groups is 2. The second kappa shape index (κ2) is 8.95. The molecular weight excluding hydrogens is 326 g/mol. The number of carboxylic acid groups (broad SMARTS) is 1. The maximum absolute atomic E-state index is 9.90. The van der Waals surface area contributed by atoms with Gasteiger partial charge in [0.1, 0.15) is 6.10 Å². The number of aliphatic carboxylic acids is 1. The molecule has 0 aromatic carbocycles. The zero-order chi connectivity index (χ0) is 16.6. The molecule has 14 heteroatoms. The number of aliphatic hydroxyl groups excluding tert-OH is 1. The first kappa shape index (κ1) is 21.2. The molecule has 0 saturated heterocycles. The molecule has 0 amide bonds. The second-order valence-corrected chi connectivity index (χ2v) is 5.20. The molecule has 118 valence electrons. The maximum Gasteiger partial charge on any atom is 0.525 e. The van der Waals surface area contributed by atoms with Crippen molar-refractivity contribution in [2.75, 3.05) is 6.61 Å². The average Bonchev–Trinajstić information content (AvgIpc) is 2.23. The summed E-state index contributed by atoms with van der Waals surface area (Å²) in [5, 5.41) is 16.4. The molecule has 12 nitrogen and oxygen atoms in total. The van der Waals surface area contributed by atoms with Gasteiger partial charge in [0.15, 0.2) is 6.29 Å². The molecule has 0 rings (SSSR count). The van der Waals surface area contributed by atoms with Crippen molar-refractivity contribution < 1.29 is 57.6 Å². The van der Waals surface area contributed by atoms with Crippen molar-refractivity contribution in [1.82, 2.24) is 0 Å². The van der Waals surface area contributed by atoms with Crippen LogP contribution in [0.25, 0.3) is 0 Å². The minimum Gasteiger partial charge on any atom is -0.475 e. The molecular formula is C6H12O12P2. The Bertz CT molecular complexity index is 431. The first-order valence-electron chi connectivity index (χ1n) is 4.29. The number of aliphatic hydroxyl groups is 1. The van der Waals surface area contributed by atoms with Gasteiger partial charge in [-0.05, 0) is 6.58 Å². The first-order valence-corrected chi connectivity index (χ1v) is 7.35. The van der Waals surface area contributed by atoms with Gasteiger partial charge in [-0.2, -0.15) is 0 Å². The highest BCUT2D eigenvalue weighted by molar-refractivity contribution is 7.46. The summed E-state index contributed by atoms with van der Waals surface area (Å²) in [4.78, 5) is 51.5. The molecule has 0 aliphatic carbocycles. The van der Waals surface area contributed by atoms with Crippen molar-refractivity contribution in [3.05, 3.63) is 12.3 Å². The maximum atomic E-state index is 9.90. The zero-order valence-corrected chi connectivity index (χ0v) is 11.4. The molecule has 1 atom stereocenters. The van der Waals surface area contributed by atoms with Gasteiger partial charge in [0.25, 0.3) is 0 Å². The Morgan fingerprint density at radius 2 is 1.65 bits per heavy atom. The van der Waals surface area contributed by atoms with E-state index in [0.717, 1.165) is 0 Å². The van der Waals surface area contributed by atoms with Crippen LogP contribution < -0.4 is 0 Å². The van der Waals surface area contributed by atoms with E-state index in [1.807, 2.05) is 0 Å². The van der Waals surface area contributed by atoms with E-state index in [2.05, 4.69) is 15.6 Å². The molecule has 0 aliphatic heterocycles. The Morgan fingerprint density at radius 1 is 1.20 bits per heavy atom. The number of carboxylic acids is 1. The number of phosphoric acid groups is 2. The molecule has 0 saturated carbocycles. The lowest BCUT2D eigenvalue weighted by molar-refractivity contribution is -0.135. The van der Waals surface area contributed by atoms with Crippen molar-refractivity contribution in [2.24, 2.45) is 0 Å². The average molecular weight is 338 g/mol. The van der Waals surface area contributed by atoms with Gasteiger partial charge in [-0.1, -0.05) is 0 Å². The summed E-state index contributed by atoms with van der Waals surface area (Å²) in [6, 6.07) is 0. The van der Waals surface area contributed by atoms with Crippen molar-refractivity contribution in [1.29, 1.82) is 0 Å². The number of aldehydes is 1. The fourth-order valence-electron chi connectivity index (χ4n) is 0.395. The van der Waals surface area contributed by atoms with Crippen LogP contribution in [0.2, 0.25) is 0 Å². The smallest absolute Gasteiger partial charge is 0.475 e. The van der Waals surface area contributed by atoms with E-state index < -0.39 is 40.1 Å². The summed E-state index contributed by atoms with van der Waals surface area (Å²) in [6.07, 6.45) is -1.36. The van der Waals surface area contributed by atoms with Crippen LogP contribution in [0.4, 0.5) is 0 Å². The number of carbonyl (C=O) groups excluding carboxylic acids is 1. The standard InChI is InChI=1S/C3H7O6P.C3H5O6P/c4-1-3(5)2-9-10(6,7)8;1-2(3(4)5)9-10(6,7)8/h1,3,5H,2H2,(H2,6,7,8);1H2,(H,4,5)(H2,6,7,8). The van der Waals surface area contributed by atoms with Crippen LogP contribution in [0.15, 0.2) is 12.3 Å². The highest BCUT2D eigenvalue weighted by Crippen LogP contribution is 2.38. The fraction of sp³-hybridized carbons (Fsp3) is 0.333. The molecule has 1 unspecified atom stereocenters. The van der Waals surface area contributed by atoms with E-state index in [-0.39, 0.29) is 6.29 Å². The Hall–Kier alpha value is -1.10. The topological polar surface area (TPSA) is 208 Å². The SMILES string of the molecule is C=C(OP(=O)(O)O)C(=O)O.O=CC(O)COP(=O)(O)O. The highest BCUT2D eigenvalue weighted by atomic mass is 31.2. The Kier molecular flexibility index (Phi) is 9.49. The molecule has 0 spiro atoms. The van der Waals surface area contributed by atoms with Crippen molar-refractivity contribution in [3.63, 3.8) is 0 Å². The lowest BCUT2D eigenvalue weighted by Gasteiger charge is -2.04. The van der Waals surface area contributed by atoms with Crippen LogP contribution in [0.1, 0.15) is 0 Å². The quantitative estimate of drug-likeness (QED) is 0.133. The van der Waals surface area contributed by atoms with Gasteiger partial charge in [-0.25, -0.2) is 13.9 Å². The number of rotatable bonds is 7. The van der Waals surface area contributed by atoms with E-state index in [1.54, 1.807) is 0 Å². The van der Waals surface area contributed by atoms with Gasteiger partial charge in [0.05, 0.1) is 6.61 Å². The monoisotopic (exact) mass is 338 g/mol. The Morgan fingerprint density at radius 3 is 1.85 bits per heavy atom. The summed E-state index contributed by atoms with van der Waals surface area (Å²) in [6.45, 7) is 2.04. The van der Waals surface area contributed by atoms with Crippen LogP contribution in [-0.4, -0.2) is 54.8 Å². The Labute approximate surface area is 111 Å². The molecule has 6 N–H and O–H groups in total. The third-order valence-electron chi connectivity index (χ3n) is 1.04. The first-order chi connectivity index (χ1) is 8.78. The van der Waals surface area contributed by atoms with Gasteiger partial charge in [-0.3, -0.25) is 14.3 Å². The second-order valence-electron chi connectivity index (χ2n) is 2.80. The third kappa shape index (κ3) is 16.9. The molecule has 0 heterocycles. The van der Waals surface area contributed by atoms with Gasteiger partial charge in [0, 0.05) is 0 Å². The van der Waals surface area contributed by atoms with Gasteiger partial charge in [0.2, 0.25) is 5.76 Å². The lowest BCUT2D eigenvalue weighted by Crippen LogP contribution is -2.15. The van der Waals surface area contributed by atoms with Crippen LogP contribution >= 0.6 is 15.6 Å². The van der Waals surface area contributed by atoms with Crippen molar-refractivity contribution >= 4 is 27.9 Å². The van der Waals surface area contributed by atoms with Gasteiger partial charge < -0.3 is 29.3 Å². The van der Waals surface area contributed by atoms with E-state index in [0.29, 0.717) is 0 Å². The van der Waals surface area contributed by atoms with E-state index in [9.17, 15) is 18.7 Å². The van der Waals surface area contributed by atoms with Crippen LogP contribution in [0.3, 0.4) is 0 Å². The molecule has 0 radical (unpaired) electrons. The number of carbonyl (C=O) groups is 2. The fourth-order valence-corrected chi connectivity index (χ4v) is 1.11. The predicted octanol–water partition coefficient (Wildman–Crippen LogP) is -1.65. The van der Waals surface area contributed by atoms with Gasteiger partial charge >= 0.3 is 21.6 Å². The van der Waals surface area contributed by atoms with E-state index in [4.69, 9.17) is 29.8 Å². The number of hydrogen-bond acceptors (Lipinski definition) is 7. The Balaban J connectivity index is 0. The largest absolute Gasteiger partial charge is 0.525 e. The predicted molar refractivity (Wildman–Crippen MR) is 60.0 cm³/mol. The summed E-state index contributed by atoms with van der Waals surface area (Å²) in [5.74, 6) is -2.59. The van der Waals surface area contributed by atoms with Crippen LogP contribution in [0, 0.1) is 0 Å². The van der Waals surface area contributed by atoms with E-state index >= 15 is 0 Å². The van der Waals surface area contributed by atoms with Crippen LogP contribution in [0.5, 0.6) is 0 Å². The molecule has 0 fully saturated rings. The van der Waals surface area contributed by atoms with Crippen LogP contribution in [-0.2, 0) is 27.8 Å². The minimum absolute atomic E-state index is 0.121. The normalized spacial score (nSPS) is 12.7. The minimum atomic E-state index is -4.76.